The van der Waals surface area contributed by atoms with Gasteiger partial charge < -0.3 is 19.6 Å². The van der Waals surface area contributed by atoms with E-state index in [0.717, 1.165) is 31.2 Å². The molecule has 9 heteroatoms. The molecule has 2 aromatic rings. The topological polar surface area (TPSA) is 99.1 Å². The lowest BCUT2D eigenvalue weighted by Gasteiger charge is -2.32. The van der Waals surface area contributed by atoms with E-state index in [9.17, 15) is 14.4 Å². The second-order valence-electron chi connectivity index (χ2n) is 9.63. The Bertz CT molecular complexity index is 1160. The number of hydrogen-bond acceptors (Lipinski definition) is 7. The first kappa shape index (κ1) is 26.3. The van der Waals surface area contributed by atoms with Crippen LogP contribution in [0.15, 0.2) is 60.0 Å². The summed E-state index contributed by atoms with van der Waals surface area (Å²) in [6.07, 6.45) is 8.28. The predicted molar refractivity (Wildman–Crippen MR) is 139 cm³/mol. The number of carbonyl (C=O) groups is 2. The number of rotatable bonds is 9. The third kappa shape index (κ3) is 6.15. The Morgan fingerprint density at radius 1 is 1.14 bits per heavy atom. The number of amides is 1. The Balaban J connectivity index is 1.66. The third-order valence-electron chi connectivity index (χ3n) is 7.02. The van der Waals surface area contributed by atoms with Crippen molar-refractivity contribution in [2.45, 2.75) is 58.2 Å². The van der Waals surface area contributed by atoms with Gasteiger partial charge in [0.25, 0.3) is 0 Å². The van der Waals surface area contributed by atoms with Crippen molar-refractivity contribution in [1.29, 1.82) is 0 Å². The molecule has 2 fully saturated rings. The summed E-state index contributed by atoms with van der Waals surface area (Å²) in [4.78, 5) is 40.5. The molecule has 2 aliphatic rings. The molecule has 9 nitrogen and oxygen atoms in total. The highest BCUT2D eigenvalue weighted by Crippen LogP contribution is 2.46. The quantitative estimate of drug-likeness (QED) is 0.394. The second kappa shape index (κ2) is 12.0. The Hall–Kier alpha value is -3.75. The number of aromatic nitrogens is 1. The van der Waals surface area contributed by atoms with Gasteiger partial charge >= 0.3 is 12.1 Å². The number of esters is 1. The van der Waals surface area contributed by atoms with Crippen molar-refractivity contribution in [2.75, 3.05) is 25.2 Å². The number of likely N-dealkylation sites (tertiary alicyclic amines) is 1. The molecule has 1 aromatic heterocycles. The Kier molecular flexibility index (Phi) is 8.53. The number of carbonyl (C=O) groups excluding carboxylic acids is 2. The number of nitrogens with zero attached hydrogens (tertiary/aromatic N) is 2. The molecule has 1 amide bonds. The van der Waals surface area contributed by atoms with Gasteiger partial charge in [-0.25, -0.2) is 9.59 Å². The van der Waals surface area contributed by atoms with Crippen molar-refractivity contribution < 1.29 is 23.8 Å². The van der Waals surface area contributed by atoms with Crippen LogP contribution in [-0.4, -0.2) is 47.6 Å². The monoisotopic (exact) mass is 509 g/mol. The van der Waals surface area contributed by atoms with Gasteiger partial charge in [0, 0.05) is 18.8 Å². The summed E-state index contributed by atoms with van der Waals surface area (Å²) in [6.45, 7) is 6.24. The fourth-order valence-corrected chi connectivity index (χ4v) is 5.29. The van der Waals surface area contributed by atoms with E-state index in [1.165, 1.54) is 29.4 Å². The highest BCUT2D eigenvalue weighted by molar-refractivity contribution is 5.90. The van der Waals surface area contributed by atoms with Crippen LogP contribution in [0.25, 0.3) is 0 Å². The zero-order valence-electron chi connectivity index (χ0n) is 21.3. The van der Waals surface area contributed by atoms with Gasteiger partial charge in [-0.15, -0.1) is 0 Å². The largest absolute Gasteiger partial charge is 0.482 e. The van der Waals surface area contributed by atoms with Gasteiger partial charge in [0.05, 0.1) is 6.61 Å². The van der Waals surface area contributed by atoms with E-state index < -0.39 is 23.7 Å². The molecule has 198 valence electrons. The first-order valence-electron chi connectivity index (χ1n) is 12.9. The van der Waals surface area contributed by atoms with Gasteiger partial charge in [0.15, 0.2) is 11.4 Å². The minimum Gasteiger partial charge on any atom is -0.482 e. The fourth-order valence-electron chi connectivity index (χ4n) is 5.29. The van der Waals surface area contributed by atoms with Crippen LogP contribution in [0.3, 0.4) is 0 Å². The number of ether oxygens (including phenoxy) is 3. The lowest BCUT2D eigenvalue weighted by atomic mass is 9.73. The first-order valence-corrected chi connectivity index (χ1v) is 12.9. The summed E-state index contributed by atoms with van der Waals surface area (Å²) in [6, 6.07) is 10.7. The molecule has 1 aliphatic heterocycles. The van der Waals surface area contributed by atoms with Crippen LogP contribution in [0.1, 0.15) is 61.5 Å². The van der Waals surface area contributed by atoms with Crippen molar-refractivity contribution >= 4 is 12.1 Å². The van der Waals surface area contributed by atoms with E-state index in [-0.39, 0.29) is 36.7 Å². The highest BCUT2D eigenvalue weighted by Gasteiger charge is 2.47. The van der Waals surface area contributed by atoms with E-state index in [1.807, 2.05) is 30.3 Å². The average molecular weight is 510 g/mol. The fraction of sp³-hybridized carbons (Fsp3) is 0.464. The van der Waals surface area contributed by atoms with E-state index in [4.69, 9.17) is 14.2 Å². The zero-order valence-corrected chi connectivity index (χ0v) is 21.3. The molecule has 1 aliphatic carbocycles. The standard InChI is InChI=1S/C28H35N3O6/c1-3-17-36-27(34)30-20-28(14-9-6-10-15-28)18-23(30)29-31-16-13-22(32)25(24(31)26(33)35-4-2)37-19-21-11-7-5-8-12-21/h3,5,7-8,11-13,16,23,29H,1,4,6,9-10,14-15,17-20H2,2H3. The smallest absolute Gasteiger partial charge is 0.411 e. The number of pyridine rings is 1. The van der Waals surface area contributed by atoms with Crippen LogP contribution in [0.2, 0.25) is 0 Å². The van der Waals surface area contributed by atoms with Crippen molar-refractivity contribution in [3.63, 3.8) is 0 Å². The molecule has 1 spiro atoms. The molecule has 37 heavy (non-hydrogen) atoms. The molecule has 1 atom stereocenters. The van der Waals surface area contributed by atoms with Gasteiger partial charge in [0.1, 0.15) is 19.4 Å². The summed E-state index contributed by atoms with van der Waals surface area (Å²) in [7, 11) is 0. The van der Waals surface area contributed by atoms with Crippen LogP contribution < -0.4 is 15.6 Å². The van der Waals surface area contributed by atoms with Gasteiger partial charge in [0.2, 0.25) is 5.43 Å². The summed E-state index contributed by atoms with van der Waals surface area (Å²) in [5, 5.41) is 0. The normalized spacial score (nSPS) is 18.3. The summed E-state index contributed by atoms with van der Waals surface area (Å²) in [5.74, 6) is -0.801. The van der Waals surface area contributed by atoms with Crippen LogP contribution in [0, 0.1) is 5.41 Å². The first-order chi connectivity index (χ1) is 18.0. The second-order valence-corrected chi connectivity index (χ2v) is 9.63. The van der Waals surface area contributed by atoms with Gasteiger partial charge in [-0.1, -0.05) is 62.2 Å². The van der Waals surface area contributed by atoms with Gasteiger partial charge in [-0.2, -0.15) is 0 Å². The Labute approximate surface area is 217 Å². The maximum atomic E-state index is 13.1. The van der Waals surface area contributed by atoms with Crippen molar-refractivity contribution in [2.24, 2.45) is 5.41 Å². The van der Waals surface area contributed by atoms with E-state index in [1.54, 1.807) is 11.8 Å². The summed E-state index contributed by atoms with van der Waals surface area (Å²) >= 11 is 0. The highest BCUT2D eigenvalue weighted by atomic mass is 16.6. The number of nitrogens with one attached hydrogen (secondary N) is 1. The molecule has 2 heterocycles. The maximum Gasteiger partial charge on any atom is 0.411 e. The third-order valence-corrected chi connectivity index (χ3v) is 7.02. The molecule has 0 bridgehead atoms. The van der Waals surface area contributed by atoms with E-state index in [0.29, 0.717) is 13.0 Å². The van der Waals surface area contributed by atoms with Crippen LogP contribution in [0.4, 0.5) is 4.79 Å². The predicted octanol–water partition coefficient (Wildman–Crippen LogP) is 4.45. The molecule has 1 aromatic carbocycles. The molecule has 4 rings (SSSR count). The molecule has 1 unspecified atom stereocenters. The molecule has 0 radical (unpaired) electrons. The molecular weight excluding hydrogens is 474 g/mol. The number of hydrogen-bond donors (Lipinski definition) is 1. The lowest BCUT2D eigenvalue weighted by molar-refractivity contribution is 0.0507. The molecular formula is C28H35N3O6. The van der Waals surface area contributed by atoms with Crippen LogP contribution in [-0.2, 0) is 16.1 Å². The van der Waals surface area contributed by atoms with Crippen LogP contribution >= 0.6 is 0 Å². The minimum atomic E-state index is -0.693. The van der Waals surface area contributed by atoms with Gasteiger partial charge in [-0.3, -0.25) is 14.4 Å². The average Bonchev–Trinajstić information content (AvgIpc) is 3.25. The maximum absolute atomic E-state index is 13.1. The van der Waals surface area contributed by atoms with Crippen molar-refractivity contribution in [3.8, 4) is 5.75 Å². The summed E-state index contributed by atoms with van der Waals surface area (Å²) in [5.41, 5.74) is 3.65. The molecule has 1 N–H and O–H groups in total. The number of benzene rings is 1. The molecule has 1 saturated heterocycles. The van der Waals surface area contributed by atoms with Crippen molar-refractivity contribution in [1.82, 2.24) is 9.58 Å². The SMILES string of the molecule is C=CCOC(=O)N1CC2(CCCCC2)CC1Nn1ccc(=O)c(OCc2ccccc2)c1C(=O)OCC. The molecule has 1 saturated carbocycles. The Morgan fingerprint density at radius 3 is 2.59 bits per heavy atom. The minimum absolute atomic E-state index is 0.0150. The lowest BCUT2D eigenvalue weighted by Crippen LogP contribution is -2.45. The van der Waals surface area contributed by atoms with E-state index in [2.05, 4.69) is 12.0 Å². The van der Waals surface area contributed by atoms with Gasteiger partial charge in [-0.05, 0) is 37.2 Å². The Morgan fingerprint density at radius 2 is 1.89 bits per heavy atom. The van der Waals surface area contributed by atoms with E-state index >= 15 is 0 Å². The van der Waals surface area contributed by atoms with Crippen LogP contribution in [0.5, 0.6) is 5.75 Å². The zero-order chi connectivity index (χ0) is 26.3. The van der Waals surface area contributed by atoms with Crippen molar-refractivity contribution in [3.05, 3.63) is 76.7 Å². The summed E-state index contributed by atoms with van der Waals surface area (Å²) < 4.78 is 18.0.